The summed E-state index contributed by atoms with van der Waals surface area (Å²) in [6, 6.07) is 10.3. The highest BCUT2D eigenvalue weighted by Crippen LogP contribution is 2.19. The predicted octanol–water partition coefficient (Wildman–Crippen LogP) is 2.87. The van der Waals surface area contributed by atoms with E-state index in [1.54, 1.807) is 0 Å². The SMILES string of the molecule is O=C(O)CCC(CCO)CCCc1ccccc1. The third-order valence-electron chi connectivity index (χ3n) is 3.22. The van der Waals surface area contributed by atoms with E-state index in [0.29, 0.717) is 18.8 Å². The molecule has 0 amide bonds. The fraction of sp³-hybridized carbons (Fsp3) is 0.533. The van der Waals surface area contributed by atoms with Gasteiger partial charge in [-0.25, -0.2) is 0 Å². The van der Waals surface area contributed by atoms with Crippen molar-refractivity contribution < 1.29 is 15.0 Å². The molecule has 1 aromatic rings. The minimum absolute atomic E-state index is 0.148. The summed E-state index contributed by atoms with van der Waals surface area (Å²) in [5, 5.41) is 17.6. The molecule has 100 valence electrons. The van der Waals surface area contributed by atoms with E-state index < -0.39 is 5.97 Å². The molecule has 3 nitrogen and oxygen atoms in total. The molecule has 3 heteroatoms. The molecule has 18 heavy (non-hydrogen) atoms. The lowest BCUT2D eigenvalue weighted by molar-refractivity contribution is -0.137. The average Bonchev–Trinajstić information content (AvgIpc) is 2.37. The normalized spacial score (nSPS) is 12.3. The zero-order valence-corrected chi connectivity index (χ0v) is 10.7. The lowest BCUT2D eigenvalue weighted by atomic mass is 9.93. The van der Waals surface area contributed by atoms with Gasteiger partial charge in [0.15, 0.2) is 0 Å². The second-order valence-electron chi connectivity index (χ2n) is 4.69. The predicted molar refractivity (Wildman–Crippen MR) is 71.4 cm³/mol. The van der Waals surface area contributed by atoms with E-state index >= 15 is 0 Å². The van der Waals surface area contributed by atoms with Gasteiger partial charge < -0.3 is 10.2 Å². The van der Waals surface area contributed by atoms with Crippen LogP contribution in [0.25, 0.3) is 0 Å². The number of hydrogen-bond acceptors (Lipinski definition) is 2. The highest BCUT2D eigenvalue weighted by atomic mass is 16.4. The first-order valence-corrected chi connectivity index (χ1v) is 6.59. The highest BCUT2D eigenvalue weighted by molar-refractivity contribution is 5.66. The summed E-state index contributed by atoms with van der Waals surface area (Å²) in [6.45, 7) is 0.148. The molecule has 0 radical (unpaired) electrons. The molecular weight excluding hydrogens is 228 g/mol. The van der Waals surface area contributed by atoms with Gasteiger partial charge in [0.2, 0.25) is 0 Å². The van der Waals surface area contributed by atoms with E-state index in [-0.39, 0.29) is 13.0 Å². The van der Waals surface area contributed by atoms with Crippen LogP contribution in [0.1, 0.15) is 37.7 Å². The van der Waals surface area contributed by atoms with Gasteiger partial charge in [0.1, 0.15) is 0 Å². The van der Waals surface area contributed by atoms with Crippen molar-refractivity contribution >= 4 is 5.97 Å². The van der Waals surface area contributed by atoms with Crippen molar-refractivity contribution in [3.8, 4) is 0 Å². The van der Waals surface area contributed by atoms with E-state index in [2.05, 4.69) is 12.1 Å². The second kappa shape index (κ2) is 8.70. The Kier molecular flexibility index (Phi) is 7.11. The quantitative estimate of drug-likeness (QED) is 0.708. The monoisotopic (exact) mass is 250 g/mol. The molecule has 0 bridgehead atoms. The Hall–Kier alpha value is -1.35. The maximum Gasteiger partial charge on any atom is 0.303 e. The number of carboxylic acids is 1. The van der Waals surface area contributed by atoms with Gasteiger partial charge in [0.25, 0.3) is 0 Å². The van der Waals surface area contributed by atoms with E-state index in [0.717, 1.165) is 19.3 Å². The minimum atomic E-state index is -0.749. The van der Waals surface area contributed by atoms with E-state index in [9.17, 15) is 4.79 Å². The summed E-state index contributed by atoms with van der Waals surface area (Å²) in [5.41, 5.74) is 1.32. The summed E-state index contributed by atoms with van der Waals surface area (Å²) in [5.74, 6) is -0.421. The van der Waals surface area contributed by atoms with Crippen LogP contribution in [-0.4, -0.2) is 22.8 Å². The van der Waals surface area contributed by atoms with Gasteiger partial charge in [-0.05, 0) is 37.2 Å². The molecule has 1 aromatic carbocycles. The van der Waals surface area contributed by atoms with Gasteiger partial charge in [0.05, 0.1) is 0 Å². The fourth-order valence-corrected chi connectivity index (χ4v) is 2.18. The number of aryl methyl sites for hydroxylation is 1. The molecule has 2 N–H and O–H groups in total. The molecule has 1 atom stereocenters. The van der Waals surface area contributed by atoms with E-state index in [4.69, 9.17) is 10.2 Å². The van der Waals surface area contributed by atoms with Crippen LogP contribution in [0.15, 0.2) is 30.3 Å². The van der Waals surface area contributed by atoms with Crippen LogP contribution in [0.3, 0.4) is 0 Å². The fourth-order valence-electron chi connectivity index (χ4n) is 2.18. The number of carbonyl (C=O) groups is 1. The van der Waals surface area contributed by atoms with Gasteiger partial charge in [-0.15, -0.1) is 0 Å². The number of rotatable bonds is 9. The molecule has 0 aromatic heterocycles. The third-order valence-corrected chi connectivity index (χ3v) is 3.22. The minimum Gasteiger partial charge on any atom is -0.481 e. The summed E-state index contributed by atoms with van der Waals surface area (Å²) in [4.78, 5) is 10.5. The summed E-state index contributed by atoms with van der Waals surface area (Å²) >= 11 is 0. The Labute approximate surface area is 108 Å². The summed E-state index contributed by atoms with van der Waals surface area (Å²) in [6.07, 6.45) is 4.65. The van der Waals surface area contributed by atoms with Crippen LogP contribution in [0, 0.1) is 5.92 Å². The highest BCUT2D eigenvalue weighted by Gasteiger charge is 2.10. The molecule has 1 rings (SSSR count). The first kappa shape index (κ1) is 14.7. The average molecular weight is 250 g/mol. The maximum absolute atomic E-state index is 10.5. The van der Waals surface area contributed by atoms with Crippen LogP contribution in [0.5, 0.6) is 0 Å². The van der Waals surface area contributed by atoms with Crippen molar-refractivity contribution in [1.82, 2.24) is 0 Å². The number of aliphatic carboxylic acids is 1. The molecule has 1 unspecified atom stereocenters. The maximum atomic E-state index is 10.5. The molecule has 0 heterocycles. The Morgan fingerprint density at radius 1 is 1.11 bits per heavy atom. The summed E-state index contributed by atoms with van der Waals surface area (Å²) < 4.78 is 0. The van der Waals surface area contributed by atoms with Crippen LogP contribution in [0.4, 0.5) is 0 Å². The molecule has 0 aliphatic carbocycles. The number of hydrogen-bond donors (Lipinski definition) is 2. The Bertz CT molecular complexity index is 335. The molecule has 0 aliphatic heterocycles. The van der Waals surface area contributed by atoms with E-state index in [1.807, 2.05) is 18.2 Å². The van der Waals surface area contributed by atoms with Crippen molar-refractivity contribution in [2.75, 3.05) is 6.61 Å². The van der Waals surface area contributed by atoms with Crippen LogP contribution < -0.4 is 0 Å². The van der Waals surface area contributed by atoms with Crippen molar-refractivity contribution in [2.24, 2.45) is 5.92 Å². The van der Waals surface area contributed by atoms with E-state index in [1.165, 1.54) is 5.56 Å². The molecular formula is C15H22O3. The van der Waals surface area contributed by atoms with Crippen molar-refractivity contribution in [3.63, 3.8) is 0 Å². The number of benzene rings is 1. The number of aliphatic hydroxyl groups is 1. The summed E-state index contributed by atoms with van der Waals surface area (Å²) in [7, 11) is 0. The van der Waals surface area contributed by atoms with Gasteiger partial charge in [-0.3, -0.25) is 4.79 Å². The Morgan fingerprint density at radius 2 is 1.83 bits per heavy atom. The van der Waals surface area contributed by atoms with Gasteiger partial charge in [-0.2, -0.15) is 0 Å². The number of aliphatic hydroxyl groups excluding tert-OH is 1. The van der Waals surface area contributed by atoms with Crippen molar-refractivity contribution in [3.05, 3.63) is 35.9 Å². The molecule has 0 aliphatic rings. The van der Waals surface area contributed by atoms with Gasteiger partial charge in [0, 0.05) is 13.0 Å². The topological polar surface area (TPSA) is 57.5 Å². The van der Waals surface area contributed by atoms with Crippen LogP contribution in [0.2, 0.25) is 0 Å². The lowest BCUT2D eigenvalue weighted by Gasteiger charge is -2.14. The molecule has 0 spiro atoms. The van der Waals surface area contributed by atoms with Crippen molar-refractivity contribution in [2.45, 2.75) is 38.5 Å². The van der Waals surface area contributed by atoms with Crippen LogP contribution >= 0.6 is 0 Å². The largest absolute Gasteiger partial charge is 0.481 e. The zero-order chi connectivity index (χ0) is 13.2. The molecule has 0 fully saturated rings. The molecule has 0 saturated heterocycles. The Morgan fingerprint density at radius 3 is 2.44 bits per heavy atom. The second-order valence-corrected chi connectivity index (χ2v) is 4.69. The van der Waals surface area contributed by atoms with Gasteiger partial charge >= 0.3 is 5.97 Å². The van der Waals surface area contributed by atoms with Gasteiger partial charge in [-0.1, -0.05) is 36.8 Å². The van der Waals surface area contributed by atoms with Crippen LogP contribution in [-0.2, 0) is 11.2 Å². The number of carboxylic acid groups (broad SMARTS) is 1. The molecule has 0 saturated carbocycles. The van der Waals surface area contributed by atoms with Crippen molar-refractivity contribution in [1.29, 1.82) is 0 Å². The first-order valence-electron chi connectivity index (χ1n) is 6.59. The standard InChI is InChI=1S/C15H22O3/c16-12-11-14(9-10-15(17)18)8-4-7-13-5-2-1-3-6-13/h1-3,5-6,14,16H,4,7-12H2,(H,17,18). The smallest absolute Gasteiger partial charge is 0.303 e. The third kappa shape index (κ3) is 6.40. The Balaban J connectivity index is 2.26. The first-order chi connectivity index (χ1) is 8.72. The lowest BCUT2D eigenvalue weighted by Crippen LogP contribution is -2.07. The zero-order valence-electron chi connectivity index (χ0n) is 10.7.